The molecule has 210 valence electrons. The first-order valence-corrected chi connectivity index (χ1v) is 15.9. The molecule has 4 aliphatic rings. The van der Waals surface area contributed by atoms with Crippen LogP contribution in [0, 0.1) is 62.6 Å². The molecule has 4 rings (SSSR count). The van der Waals surface area contributed by atoms with Gasteiger partial charge in [0.2, 0.25) is 0 Å². The Balaban J connectivity index is 1.67. The minimum Gasteiger partial charge on any atom is -0.295 e. The second-order valence-corrected chi connectivity index (χ2v) is 16.7. The second kappa shape index (κ2) is 9.37. The van der Waals surface area contributed by atoms with Crippen molar-refractivity contribution in [2.75, 3.05) is 0 Å². The van der Waals surface area contributed by atoms with E-state index in [2.05, 4.69) is 95.2 Å². The summed E-state index contributed by atoms with van der Waals surface area (Å²) in [5.74, 6) is 4.02. The Morgan fingerprint density at radius 3 is 2.27 bits per heavy atom. The molecule has 3 saturated carbocycles. The highest BCUT2D eigenvalue weighted by Crippen LogP contribution is 2.74. The molecule has 1 unspecified atom stereocenters. The van der Waals surface area contributed by atoms with Gasteiger partial charge in [-0.3, -0.25) is 4.79 Å². The summed E-state index contributed by atoms with van der Waals surface area (Å²) >= 11 is 0. The lowest BCUT2D eigenvalue weighted by Gasteiger charge is -2.62. The van der Waals surface area contributed by atoms with Crippen LogP contribution in [-0.2, 0) is 4.79 Å². The highest BCUT2D eigenvalue weighted by atomic mass is 16.1. The summed E-state index contributed by atoms with van der Waals surface area (Å²) in [7, 11) is 0. The number of hydrogen-bond donors (Lipinski definition) is 0. The molecule has 0 aromatic rings. The van der Waals surface area contributed by atoms with E-state index in [-0.39, 0.29) is 33.0 Å². The van der Waals surface area contributed by atoms with Gasteiger partial charge in [-0.1, -0.05) is 100 Å². The van der Waals surface area contributed by atoms with Crippen molar-refractivity contribution in [3.63, 3.8) is 0 Å². The monoisotopic (exact) mass is 508 g/mol. The van der Waals surface area contributed by atoms with E-state index in [0.717, 1.165) is 18.8 Å². The van der Waals surface area contributed by atoms with Gasteiger partial charge in [0, 0.05) is 5.92 Å². The fraction of sp³-hybridized carbons (Fsp3) is 0.861. The van der Waals surface area contributed by atoms with Crippen molar-refractivity contribution in [1.82, 2.24) is 0 Å². The lowest BCUT2D eigenvalue weighted by Crippen LogP contribution is -2.56. The molecular formula is C36H60O. The Hall–Kier alpha value is -0.850. The first-order valence-electron chi connectivity index (χ1n) is 15.9. The van der Waals surface area contributed by atoms with Crippen LogP contribution in [0.4, 0.5) is 0 Å². The molecule has 0 amide bonds. The zero-order valence-corrected chi connectivity index (χ0v) is 26.7. The molecule has 0 saturated heterocycles. The normalized spacial score (nSPS) is 43.6. The van der Waals surface area contributed by atoms with Crippen molar-refractivity contribution in [1.29, 1.82) is 0 Å². The molecule has 0 radical (unpaired) electrons. The zero-order chi connectivity index (χ0) is 27.8. The number of allylic oxidation sites excluding steroid dienone is 4. The molecule has 1 nitrogen and oxygen atoms in total. The Morgan fingerprint density at radius 2 is 1.68 bits per heavy atom. The SMILES string of the molecule is CC/C=C(/C[C@@H](C)C(C)(C)[C@H]1CC[C@@]2(C)C3=CC(=O)[C@@H]4C[C@@H](C)[C@@H](C)C[C@]4(C)C3CC[C@]12C)C(C)(C)C. The molecule has 0 heterocycles. The highest BCUT2D eigenvalue weighted by Gasteiger charge is 2.66. The fourth-order valence-corrected chi connectivity index (χ4v) is 10.3. The van der Waals surface area contributed by atoms with E-state index >= 15 is 0 Å². The molecular weight excluding hydrogens is 448 g/mol. The molecule has 9 atom stereocenters. The predicted molar refractivity (Wildman–Crippen MR) is 159 cm³/mol. The van der Waals surface area contributed by atoms with Crippen molar-refractivity contribution in [2.45, 2.75) is 134 Å². The van der Waals surface area contributed by atoms with Gasteiger partial charge in [0.15, 0.2) is 5.78 Å². The Kier molecular flexibility index (Phi) is 7.38. The van der Waals surface area contributed by atoms with E-state index in [1.54, 1.807) is 11.1 Å². The maximum Gasteiger partial charge on any atom is 0.159 e. The molecule has 3 fully saturated rings. The molecule has 0 bridgehead atoms. The minimum atomic E-state index is 0.152. The van der Waals surface area contributed by atoms with Crippen LogP contribution >= 0.6 is 0 Å². The van der Waals surface area contributed by atoms with E-state index in [4.69, 9.17) is 0 Å². The third-order valence-corrected chi connectivity index (χ3v) is 13.6. The summed E-state index contributed by atoms with van der Waals surface area (Å²) in [5.41, 5.74) is 4.27. The molecule has 0 aromatic carbocycles. The van der Waals surface area contributed by atoms with Crippen LogP contribution in [0.1, 0.15) is 134 Å². The largest absolute Gasteiger partial charge is 0.295 e. The summed E-state index contributed by atoms with van der Waals surface area (Å²) in [4.78, 5) is 13.8. The van der Waals surface area contributed by atoms with Crippen LogP contribution in [-0.4, -0.2) is 5.78 Å². The fourth-order valence-electron chi connectivity index (χ4n) is 10.3. The van der Waals surface area contributed by atoms with Crippen molar-refractivity contribution < 1.29 is 4.79 Å². The average molecular weight is 509 g/mol. The van der Waals surface area contributed by atoms with Crippen LogP contribution in [0.5, 0.6) is 0 Å². The van der Waals surface area contributed by atoms with Crippen LogP contribution in [0.15, 0.2) is 23.3 Å². The van der Waals surface area contributed by atoms with E-state index in [1.807, 2.05) is 0 Å². The van der Waals surface area contributed by atoms with E-state index in [1.165, 1.54) is 38.5 Å². The molecule has 0 aromatic heterocycles. The van der Waals surface area contributed by atoms with Crippen LogP contribution in [0.25, 0.3) is 0 Å². The van der Waals surface area contributed by atoms with E-state index in [9.17, 15) is 4.79 Å². The van der Waals surface area contributed by atoms with Crippen LogP contribution in [0.3, 0.4) is 0 Å². The molecule has 4 aliphatic carbocycles. The van der Waals surface area contributed by atoms with Gasteiger partial charge >= 0.3 is 0 Å². The van der Waals surface area contributed by atoms with Gasteiger partial charge in [0.1, 0.15) is 0 Å². The molecule has 0 aliphatic heterocycles. The van der Waals surface area contributed by atoms with Gasteiger partial charge in [-0.05, 0) is 114 Å². The number of rotatable bonds is 5. The first-order chi connectivity index (χ1) is 16.9. The van der Waals surface area contributed by atoms with Gasteiger partial charge in [-0.25, -0.2) is 0 Å². The Labute approximate surface area is 230 Å². The lowest BCUT2D eigenvalue weighted by molar-refractivity contribution is -0.134. The Bertz CT molecular complexity index is 958. The highest BCUT2D eigenvalue weighted by molar-refractivity contribution is 5.94. The van der Waals surface area contributed by atoms with Gasteiger partial charge in [0.25, 0.3) is 0 Å². The third-order valence-electron chi connectivity index (χ3n) is 13.6. The third kappa shape index (κ3) is 4.36. The number of fused-ring (bicyclic) bond motifs is 5. The van der Waals surface area contributed by atoms with Crippen molar-refractivity contribution in [3.8, 4) is 0 Å². The number of carbonyl (C=O) groups excluding carboxylic acids is 1. The van der Waals surface area contributed by atoms with Crippen LogP contribution < -0.4 is 0 Å². The first kappa shape index (κ1) is 29.1. The molecule has 1 heteroatoms. The summed E-state index contributed by atoms with van der Waals surface area (Å²) in [6.07, 6.45) is 14.5. The van der Waals surface area contributed by atoms with Gasteiger partial charge in [-0.2, -0.15) is 0 Å². The quantitative estimate of drug-likeness (QED) is 0.337. The maximum absolute atomic E-state index is 13.8. The van der Waals surface area contributed by atoms with E-state index in [0.29, 0.717) is 29.5 Å². The summed E-state index contributed by atoms with van der Waals surface area (Å²) < 4.78 is 0. The summed E-state index contributed by atoms with van der Waals surface area (Å²) in [6, 6.07) is 0. The van der Waals surface area contributed by atoms with Crippen molar-refractivity contribution >= 4 is 5.78 Å². The lowest BCUT2D eigenvalue weighted by atomic mass is 9.41. The average Bonchev–Trinajstić information content (AvgIpc) is 3.07. The van der Waals surface area contributed by atoms with Crippen molar-refractivity contribution in [3.05, 3.63) is 23.3 Å². The van der Waals surface area contributed by atoms with Gasteiger partial charge < -0.3 is 0 Å². The molecule has 0 spiro atoms. The molecule has 37 heavy (non-hydrogen) atoms. The summed E-state index contributed by atoms with van der Waals surface area (Å²) in [5, 5.41) is 0. The molecule has 0 N–H and O–H groups in total. The van der Waals surface area contributed by atoms with E-state index < -0.39 is 0 Å². The maximum atomic E-state index is 13.8. The zero-order valence-electron chi connectivity index (χ0n) is 26.7. The predicted octanol–water partition coefficient (Wildman–Crippen LogP) is 10.5. The van der Waals surface area contributed by atoms with Gasteiger partial charge in [-0.15, -0.1) is 0 Å². The van der Waals surface area contributed by atoms with Gasteiger partial charge in [0.05, 0.1) is 0 Å². The number of carbonyl (C=O) groups is 1. The minimum absolute atomic E-state index is 0.152. The number of hydrogen-bond acceptors (Lipinski definition) is 1. The standard InChI is InChI=1S/C36H60O/c1-13-14-26(32(5,6)7)20-25(4)33(8,9)31-16-18-35(11)28-21-30(37)29-19-23(2)24(3)22-34(29,10)27(28)15-17-36(31,35)12/h14,21,23-25,27,29,31H,13,15-20,22H2,1-12H3/b26-14-/t23-,24+,25-,27?,29+,31-,34-,35+,36-/m1/s1. The van der Waals surface area contributed by atoms with Crippen LogP contribution in [0.2, 0.25) is 0 Å². The second-order valence-electron chi connectivity index (χ2n) is 16.7. The number of ketones is 1. The summed E-state index contributed by atoms with van der Waals surface area (Å²) in [6.45, 7) is 29.7. The smallest absolute Gasteiger partial charge is 0.159 e. The van der Waals surface area contributed by atoms with Crippen molar-refractivity contribution in [2.24, 2.45) is 62.6 Å². The Morgan fingerprint density at radius 1 is 1.03 bits per heavy atom. The topological polar surface area (TPSA) is 17.1 Å².